The van der Waals surface area contributed by atoms with Crippen LogP contribution >= 0.6 is 0 Å². The Balaban J connectivity index is 2.03. The summed E-state index contributed by atoms with van der Waals surface area (Å²) in [4.78, 5) is 4.01. The maximum atomic E-state index is 5.77. The largest absolute Gasteiger partial charge is 0.350 e. The van der Waals surface area contributed by atoms with Gasteiger partial charge in [0.1, 0.15) is 0 Å². The number of aromatic nitrogens is 2. The van der Waals surface area contributed by atoms with Crippen LogP contribution in [0.15, 0.2) is 43.0 Å². The standard InChI is InChI=1S/C13H17N3/c1-11(14)8-13-4-7-16(10-13)9-12-2-5-15-6-3-12/h2-7,10-11H,8-9,14H2,1H3. The van der Waals surface area contributed by atoms with Crippen molar-refractivity contribution in [3.63, 3.8) is 0 Å². The van der Waals surface area contributed by atoms with Crippen molar-refractivity contribution >= 4 is 0 Å². The third-order valence-electron chi connectivity index (χ3n) is 2.48. The summed E-state index contributed by atoms with van der Waals surface area (Å²) >= 11 is 0. The van der Waals surface area contributed by atoms with Gasteiger partial charge in [0, 0.05) is 37.4 Å². The minimum absolute atomic E-state index is 0.219. The maximum Gasteiger partial charge on any atom is 0.0471 e. The Kier molecular flexibility index (Phi) is 3.37. The highest BCUT2D eigenvalue weighted by atomic mass is 14.9. The molecule has 0 radical (unpaired) electrons. The van der Waals surface area contributed by atoms with E-state index in [2.05, 4.69) is 28.0 Å². The van der Waals surface area contributed by atoms with Gasteiger partial charge in [-0.15, -0.1) is 0 Å². The van der Waals surface area contributed by atoms with Crippen LogP contribution in [0, 0.1) is 0 Å². The van der Waals surface area contributed by atoms with Gasteiger partial charge >= 0.3 is 0 Å². The summed E-state index contributed by atoms with van der Waals surface area (Å²) < 4.78 is 2.17. The number of rotatable bonds is 4. The van der Waals surface area contributed by atoms with Gasteiger partial charge in [-0.1, -0.05) is 0 Å². The van der Waals surface area contributed by atoms with Crippen LogP contribution < -0.4 is 5.73 Å². The lowest BCUT2D eigenvalue weighted by molar-refractivity contribution is 0.731. The summed E-state index contributed by atoms with van der Waals surface area (Å²) in [7, 11) is 0. The number of hydrogen-bond donors (Lipinski definition) is 1. The Morgan fingerprint density at radius 1 is 1.25 bits per heavy atom. The van der Waals surface area contributed by atoms with Crippen LogP contribution in [-0.2, 0) is 13.0 Å². The van der Waals surface area contributed by atoms with Gasteiger partial charge in [0.2, 0.25) is 0 Å². The first-order valence-corrected chi connectivity index (χ1v) is 5.53. The second-order valence-electron chi connectivity index (χ2n) is 4.23. The Bertz CT molecular complexity index is 431. The predicted molar refractivity (Wildman–Crippen MR) is 65.1 cm³/mol. The number of nitrogens with two attached hydrogens (primary N) is 1. The molecule has 3 nitrogen and oxygen atoms in total. The molecule has 0 spiro atoms. The predicted octanol–water partition coefficient (Wildman–Crippen LogP) is 1.82. The van der Waals surface area contributed by atoms with E-state index < -0.39 is 0 Å². The Morgan fingerprint density at radius 3 is 2.69 bits per heavy atom. The van der Waals surface area contributed by atoms with Crippen LogP contribution in [-0.4, -0.2) is 15.6 Å². The van der Waals surface area contributed by atoms with Gasteiger partial charge in [-0.05, 0) is 42.7 Å². The summed E-state index contributed by atoms with van der Waals surface area (Å²) in [5.74, 6) is 0. The monoisotopic (exact) mass is 215 g/mol. The molecule has 0 saturated carbocycles. The highest BCUT2D eigenvalue weighted by Gasteiger charge is 2.00. The molecule has 3 heteroatoms. The fourth-order valence-corrected chi connectivity index (χ4v) is 1.78. The number of hydrogen-bond acceptors (Lipinski definition) is 2. The van der Waals surface area contributed by atoms with E-state index in [0.29, 0.717) is 0 Å². The molecule has 2 rings (SSSR count). The zero-order chi connectivity index (χ0) is 11.4. The maximum absolute atomic E-state index is 5.77. The third kappa shape index (κ3) is 2.94. The van der Waals surface area contributed by atoms with Crippen molar-refractivity contribution in [2.24, 2.45) is 5.73 Å². The molecule has 2 aromatic heterocycles. The van der Waals surface area contributed by atoms with Gasteiger partial charge in [-0.3, -0.25) is 4.98 Å². The summed E-state index contributed by atoms with van der Waals surface area (Å²) in [5, 5.41) is 0. The molecule has 16 heavy (non-hydrogen) atoms. The average Bonchev–Trinajstić information content (AvgIpc) is 2.66. The minimum atomic E-state index is 0.219. The number of pyridine rings is 1. The van der Waals surface area contributed by atoms with E-state index in [1.165, 1.54) is 11.1 Å². The molecule has 0 saturated heterocycles. The molecule has 0 aliphatic rings. The fourth-order valence-electron chi connectivity index (χ4n) is 1.78. The van der Waals surface area contributed by atoms with Gasteiger partial charge in [-0.2, -0.15) is 0 Å². The molecule has 84 valence electrons. The van der Waals surface area contributed by atoms with Gasteiger partial charge in [0.05, 0.1) is 0 Å². The lowest BCUT2D eigenvalue weighted by Gasteiger charge is -2.03. The van der Waals surface area contributed by atoms with E-state index in [0.717, 1.165) is 13.0 Å². The van der Waals surface area contributed by atoms with Gasteiger partial charge in [0.25, 0.3) is 0 Å². The van der Waals surface area contributed by atoms with Crippen LogP contribution in [0.2, 0.25) is 0 Å². The van der Waals surface area contributed by atoms with E-state index >= 15 is 0 Å². The molecule has 1 atom stereocenters. The van der Waals surface area contributed by atoms with Gasteiger partial charge < -0.3 is 10.3 Å². The molecular weight excluding hydrogens is 198 g/mol. The van der Waals surface area contributed by atoms with Crippen molar-refractivity contribution in [2.45, 2.75) is 25.9 Å². The fraction of sp³-hybridized carbons (Fsp3) is 0.308. The summed E-state index contributed by atoms with van der Waals surface area (Å²) in [6.45, 7) is 2.92. The zero-order valence-electron chi connectivity index (χ0n) is 9.50. The van der Waals surface area contributed by atoms with Crippen LogP contribution in [0.1, 0.15) is 18.1 Å². The highest BCUT2D eigenvalue weighted by molar-refractivity contribution is 5.15. The molecule has 0 fully saturated rings. The normalized spacial score (nSPS) is 12.6. The number of nitrogens with zero attached hydrogens (tertiary/aromatic N) is 2. The molecule has 0 bridgehead atoms. The molecule has 0 aliphatic heterocycles. The van der Waals surface area contributed by atoms with Crippen molar-refractivity contribution in [3.05, 3.63) is 54.1 Å². The van der Waals surface area contributed by atoms with Crippen molar-refractivity contribution in [3.8, 4) is 0 Å². The smallest absolute Gasteiger partial charge is 0.0471 e. The Hall–Kier alpha value is -1.61. The Morgan fingerprint density at radius 2 is 2.00 bits per heavy atom. The summed E-state index contributed by atoms with van der Waals surface area (Å²) in [6, 6.07) is 6.41. The second kappa shape index (κ2) is 4.94. The van der Waals surface area contributed by atoms with Gasteiger partial charge in [-0.25, -0.2) is 0 Å². The van der Waals surface area contributed by atoms with Crippen LogP contribution in [0.5, 0.6) is 0 Å². The topological polar surface area (TPSA) is 43.8 Å². The van der Waals surface area contributed by atoms with Crippen molar-refractivity contribution in [2.75, 3.05) is 0 Å². The molecule has 2 heterocycles. The van der Waals surface area contributed by atoms with Crippen molar-refractivity contribution in [1.29, 1.82) is 0 Å². The lowest BCUT2D eigenvalue weighted by atomic mass is 10.1. The second-order valence-corrected chi connectivity index (χ2v) is 4.23. The Labute approximate surface area is 95.9 Å². The molecule has 0 amide bonds. The first-order chi connectivity index (χ1) is 7.74. The zero-order valence-corrected chi connectivity index (χ0v) is 9.50. The van der Waals surface area contributed by atoms with Gasteiger partial charge in [0.15, 0.2) is 0 Å². The van der Waals surface area contributed by atoms with Crippen molar-refractivity contribution in [1.82, 2.24) is 9.55 Å². The third-order valence-corrected chi connectivity index (χ3v) is 2.48. The van der Waals surface area contributed by atoms with E-state index in [9.17, 15) is 0 Å². The lowest BCUT2D eigenvalue weighted by Crippen LogP contribution is -2.17. The van der Waals surface area contributed by atoms with E-state index in [-0.39, 0.29) is 6.04 Å². The van der Waals surface area contributed by atoms with Crippen molar-refractivity contribution < 1.29 is 0 Å². The molecule has 1 unspecified atom stereocenters. The van der Waals surface area contributed by atoms with E-state index in [1.807, 2.05) is 31.5 Å². The molecule has 2 aromatic rings. The SMILES string of the molecule is CC(N)Cc1ccn(Cc2ccncc2)c1. The van der Waals surface area contributed by atoms with Crippen LogP contribution in [0.25, 0.3) is 0 Å². The van der Waals surface area contributed by atoms with E-state index in [1.54, 1.807) is 0 Å². The highest BCUT2D eigenvalue weighted by Crippen LogP contribution is 2.07. The van der Waals surface area contributed by atoms with Crippen LogP contribution in [0.4, 0.5) is 0 Å². The molecule has 0 aliphatic carbocycles. The van der Waals surface area contributed by atoms with Crippen LogP contribution in [0.3, 0.4) is 0 Å². The minimum Gasteiger partial charge on any atom is -0.350 e. The quantitative estimate of drug-likeness (QED) is 0.845. The molecule has 0 aromatic carbocycles. The van der Waals surface area contributed by atoms with E-state index in [4.69, 9.17) is 5.73 Å². The average molecular weight is 215 g/mol. The molecular formula is C13H17N3. The summed E-state index contributed by atoms with van der Waals surface area (Å²) in [6.07, 6.45) is 8.83. The first-order valence-electron chi connectivity index (χ1n) is 5.53. The summed E-state index contributed by atoms with van der Waals surface area (Å²) in [5.41, 5.74) is 8.33. The molecule has 2 N–H and O–H groups in total. The first kappa shape index (κ1) is 10.9.